The van der Waals surface area contributed by atoms with E-state index in [4.69, 9.17) is 0 Å². The lowest BCUT2D eigenvalue weighted by Gasteiger charge is -2.21. The van der Waals surface area contributed by atoms with E-state index in [9.17, 15) is 14.0 Å². The van der Waals surface area contributed by atoms with E-state index < -0.39 is 11.7 Å². The van der Waals surface area contributed by atoms with Crippen LogP contribution in [0, 0.1) is 5.82 Å². The predicted octanol–water partition coefficient (Wildman–Crippen LogP) is 3.51. The van der Waals surface area contributed by atoms with Crippen molar-refractivity contribution in [1.29, 1.82) is 0 Å². The highest BCUT2D eigenvalue weighted by atomic mass is 32.2. The number of amides is 2. The number of thioether (sulfide) groups is 1. The molecule has 2 aromatic carbocycles. The standard InChI is InChI=1S/C16H13FN2O2S/c1-9-15(20)19-13-8-10(6-7-14(13)22-9)16(21)18-12-5-3-2-4-11(12)17/h2-9H,1H3,(H,18,21)(H,19,20)/t9-/m0/s1. The third-order valence-electron chi connectivity index (χ3n) is 3.29. The highest BCUT2D eigenvalue weighted by Gasteiger charge is 2.23. The van der Waals surface area contributed by atoms with Crippen molar-refractivity contribution >= 4 is 35.0 Å². The van der Waals surface area contributed by atoms with Gasteiger partial charge in [0.25, 0.3) is 5.91 Å². The van der Waals surface area contributed by atoms with Crippen LogP contribution in [0.25, 0.3) is 0 Å². The molecule has 1 aliphatic rings. The van der Waals surface area contributed by atoms with Crippen LogP contribution in [0.1, 0.15) is 17.3 Å². The number of para-hydroxylation sites is 1. The third kappa shape index (κ3) is 2.82. The van der Waals surface area contributed by atoms with Gasteiger partial charge in [0.1, 0.15) is 5.82 Å². The smallest absolute Gasteiger partial charge is 0.255 e. The van der Waals surface area contributed by atoms with E-state index in [2.05, 4.69) is 10.6 Å². The van der Waals surface area contributed by atoms with Crippen LogP contribution < -0.4 is 10.6 Å². The van der Waals surface area contributed by atoms with Gasteiger partial charge in [-0.1, -0.05) is 12.1 Å². The molecule has 0 spiro atoms. The Morgan fingerprint density at radius 3 is 2.82 bits per heavy atom. The Morgan fingerprint density at radius 1 is 1.27 bits per heavy atom. The lowest BCUT2D eigenvalue weighted by molar-refractivity contribution is -0.115. The molecule has 6 heteroatoms. The molecule has 112 valence electrons. The largest absolute Gasteiger partial charge is 0.324 e. The van der Waals surface area contributed by atoms with Crippen molar-refractivity contribution in [3.8, 4) is 0 Å². The van der Waals surface area contributed by atoms with E-state index in [1.807, 2.05) is 6.92 Å². The van der Waals surface area contributed by atoms with Crippen molar-refractivity contribution in [2.45, 2.75) is 17.1 Å². The number of nitrogens with one attached hydrogen (secondary N) is 2. The normalized spacial score (nSPS) is 16.6. The molecule has 1 heterocycles. The molecule has 1 aliphatic heterocycles. The molecule has 0 saturated heterocycles. The summed E-state index contributed by atoms with van der Waals surface area (Å²) in [6.45, 7) is 1.82. The molecule has 0 radical (unpaired) electrons. The molecule has 0 fully saturated rings. The number of carbonyl (C=O) groups is 2. The molecule has 3 rings (SSSR count). The first-order chi connectivity index (χ1) is 10.5. The summed E-state index contributed by atoms with van der Waals surface area (Å²) in [6.07, 6.45) is 0. The van der Waals surface area contributed by atoms with Gasteiger partial charge in [0.05, 0.1) is 16.6 Å². The summed E-state index contributed by atoms with van der Waals surface area (Å²) < 4.78 is 13.6. The van der Waals surface area contributed by atoms with Crippen LogP contribution in [-0.4, -0.2) is 17.1 Å². The van der Waals surface area contributed by atoms with Crippen LogP contribution in [0.2, 0.25) is 0 Å². The maximum Gasteiger partial charge on any atom is 0.255 e. The number of hydrogen-bond donors (Lipinski definition) is 2. The highest BCUT2D eigenvalue weighted by Crippen LogP contribution is 2.36. The van der Waals surface area contributed by atoms with Crippen LogP contribution in [0.15, 0.2) is 47.4 Å². The number of fused-ring (bicyclic) bond motifs is 1. The number of carbonyl (C=O) groups excluding carboxylic acids is 2. The number of hydrogen-bond acceptors (Lipinski definition) is 3. The minimum absolute atomic E-state index is 0.0934. The van der Waals surface area contributed by atoms with Crippen LogP contribution in [0.5, 0.6) is 0 Å². The average molecular weight is 316 g/mol. The second kappa shape index (κ2) is 5.81. The first-order valence-electron chi connectivity index (χ1n) is 6.72. The van der Waals surface area contributed by atoms with Crippen LogP contribution in [0.3, 0.4) is 0 Å². The Labute approximate surface area is 131 Å². The monoisotopic (exact) mass is 316 g/mol. The summed E-state index contributed by atoms with van der Waals surface area (Å²) in [6, 6.07) is 11.0. The van der Waals surface area contributed by atoms with E-state index in [-0.39, 0.29) is 16.8 Å². The Balaban J connectivity index is 1.84. The fourth-order valence-electron chi connectivity index (χ4n) is 2.11. The molecule has 0 aromatic heterocycles. The highest BCUT2D eigenvalue weighted by molar-refractivity contribution is 8.00. The van der Waals surface area contributed by atoms with Gasteiger partial charge in [0.2, 0.25) is 5.91 Å². The fourth-order valence-corrected chi connectivity index (χ4v) is 3.04. The number of rotatable bonds is 2. The van der Waals surface area contributed by atoms with Gasteiger partial charge in [0.15, 0.2) is 0 Å². The maximum atomic E-state index is 13.6. The minimum Gasteiger partial charge on any atom is -0.324 e. The molecule has 0 aliphatic carbocycles. The van der Waals surface area contributed by atoms with Crippen LogP contribution >= 0.6 is 11.8 Å². The van der Waals surface area contributed by atoms with Crippen molar-refractivity contribution in [3.05, 3.63) is 53.8 Å². The third-order valence-corrected chi connectivity index (χ3v) is 4.47. The number of benzene rings is 2. The van der Waals surface area contributed by atoms with Crippen molar-refractivity contribution in [2.75, 3.05) is 10.6 Å². The summed E-state index contributed by atoms with van der Waals surface area (Å²) in [4.78, 5) is 24.8. The van der Waals surface area contributed by atoms with Gasteiger partial charge in [0, 0.05) is 10.5 Å². The average Bonchev–Trinajstić information content (AvgIpc) is 2.50. The molecule has 2 amide bonds. The lowest BCUT2D eigenvalue weighted by Crippen LogP contribution is -2.26. The quantitative estimate of drug-likeness (QED) is 0.891. The molecule has 22 heavy (non-hydrogen) atoms. The molecule has 2 N–H and O–H groups in total. The Morgan fingerprint density at radius 2 is 2.05 bits per heavy atom. The Bertz CT molecular complexity index is 764. The lowest BCUT2D eigenvalue weighted by atomic mass is 10.1. The van der Waals surface area contributed by atoms with E-state index in [1.165, 1.54) is 23.9 Å². The molecule has 4 nitrogen and oxygen atoms in total. The SMILES string of the molecule is C[C@@H]1Sc2ccc(C(=O)Nc3ccccc3F)cc2NC1=O. The van der Waals surface area contributed by atoms with Gasteiger partial charge < -0.3 is 10.6 Å². The summed E-state index contributed by atoms with van der Waals surface area (Å²) in [5.41, 5.74) is 1.09. The topological polar surface area (TPSA) is 58.2 Å². The molecule has 0 unspecified atom stereocenters. The molecular formula is C16H13FN2O2S. The van der Waals surface area contributed by atoms with Gasteiger partial charge >= 0.3 is 0 Å². The zero-order chi connectivity index (χ0) is 15.7. The maximum absolute atomic E-state index is 13.6. The van der Waals surface area contributed by atoms with E-state index in [0.29, 0.717) is 11.3 Å². The van der Waals surface area contributed by atoms with Crippen molar-refractivity contribution < 1.29 is 14.0 Å². The zero-order valence-electron chi connectivity index (χ0n) is 11.7. The summed E-state index contributed by atoms with van der Waals surface area (Å²) in [5, 5.41) is 5.12. The second-order valence-electron chi connectivity index (χ2n) is 4.89. The van der Waals surface area contributed by atoms with Crippen LogP contribution in [-0.2, 0) is 4.79 Å². The molecule has 1 atom stereocenters. The van der Waals surface area contributed by atoms with Gasteiger partial charge in [-0.25, -0.2) is 4.39 Å². The molecule has 0 bridgehead atoms. The number of halogens is 1. The Kier molecular flexibility index (Phi) is 3.85. The van der Waals surface area contributed by atoms with Gasteiger partial charge in [-0.3, -0.25) is 9.59 Å². The zero-order valence-corrected chi connectivity index (χ0v) is 12.5. The van der Waals surface area contributed by atoms with E-state index >= 15 is 0 Å². The summed E-state index contributed by atoms with van der Waals surface area (Å²) in [5.74, 6) is -1.01. The van der Waals surface area contributed by atoms with E-state index in [1.54, 1.807) is 30.3 Å². The van der Waals surface area contributed by atoms with Crippen molar-refractivity contribution in [2.24, 2.45) is 0 Å². The molecular weight excluding hydrogens is 303 g/mol. The van der Waals surface area contributed by atoms with Crippen molar-refractivity contribution in [1.82, 2.24) is 0 Å². The predicted molar refractivity (Wildman–Crippen MR) is 84.7 cm³/mol. The summed E-state index contributed by atoms with van der Waals surface area (Å²) in [7, 11) is 0. The second-order valence-corrected chi connectivity index (χ2v) is 6.28. The number of anilines is 2. The fraction of sp³-hybridized carbons (Fsp3) is 0.125. The Hall–Kier alpha value is -2.34. The van der Waals surface area contributed by atoms with E-state index in [0.717, 1.165) is 4.90 Å². The van der Waals surface area contributed by atoms with Crippen LogP contribution in [0.4, 0.5) is 15.8 Å². The molecule has 0 saturated carbocycles. The van der Waals surface area contributed by atoms with Gasteiger partial charge in [-0.05, 0) is 37.3 Å². The minimum atomic E-state index is -0.494. The van der Waals surface area contributed by atoms with Gasteiger partial charge in [-0.15, -0.1) is 11.8 Å². The first-order valence-corrected chi connectivity index (χ1v) is 7.60. The summed E-state index contributed by atoms with van der Waals surface area (Å²) >= 11 is 1.44. The van der Waals surface area contributed by atoms with Gasteiger partial charge in [-0.2, -0.15) is 0 Å². The molecule has 2 aromatic rings. The first kappa shape index (κ1) is 14.6. The van der Waals surface area contributed by atoms with Crippen molar-refractivity contribution in [3.63, 3.8) is 0 Å².